The first kappa shape index (κ1) is 24.9. The van der Waals surface area contributed by atoms with E-state index in [1.807, 2.05) is 6.92 Å². The van der Waals surface area contributed by atoms with Crippen LogP contribution in [0.25, 0.3) is 0 Å². The highest BCUT2D eigenvalue weighted by atomic mass is 32.2. The van der Waals surface area contributed by atoms with E-state index >= 15 is 0 Å². The van der Waals surface area contributed by atoms with Gasteiger partial charge in [-0.25, -0.2) is 13.6 Å². The number of carbonyl (C=O) groups is 1. The zero-order valence-electron chi connectivity index (χ0n) is 18.2. The van der Waals surface area contributed by atoms with Crippen LogP contribution in [0.5, 0.6) is 0 Å². The maximum Gasteiger partial charge on any atom is 0.342 e. The molecular weight excluding hydrogens is 426 g/mol. The van der Waals surface area contributed by atoms with Crippen molar-refractivity contribution in [3.05, 3.63) is 64.7 Å². The third-order valence-corrected chi connectivity index (χ3v) is 5.75. The van der Waals surface area contributed by atoms with Gasteiger partial charge in [-0.15, -0.1) is 0 Å². The number of unbranched alkanes of at least 4 members (excludes halogenated alkanes) is 2. The number of esters is 1. The number of carbonyl (C=O) groups excluding carboxylic acids is 1. The standard InChI is InChI=1S/C23H28F2O5S/c1-16-9-12-18(13-10-16)31(27,28)29-15-7-5-6-8-17-11-14-19(24)21(25)20(17)22(26)30-23(2,3)4/h9-14H,5-8,15H2,1-4H3. The van der Waals surface area contributed by atoms with Crippen LogP contribution in [0, 0.1) is 18.6 Å². The Morgan fingerprint density at radius 3 is 2.23 bits per heavy atom. The van der Waals surface area contributed by atoms with Crippen molar-refractivity contribution in [3.8, 4) is 0 Å². The Labute approximate surface area is 182 Å². The van der Waals surface area contributed by atoms with Gasteiger partial charge in [-0.3, -0.25) is 4.18 Å². The van der Waals surface area contributed by atoms with Crippen molar-refractivity contribution >= 4 is 16.1 Å². The number of halogens is 2. The molecule has 0 spiro atoms. The Morgan fingerprint density at radius 2 is 1.61 bits per heavy atom. The molecule has 0 amide bonds. The molecule has 0 unspecified atom stereocenters. The second kappa shape index (κ2) is 10.3. The van der Waals surface area contributed by atoms with Gasteiger partial charge in [-0.2, -0.15) is 8.42 Å². The van der Waals surface area contributed by atoms with Crippen molar-refractivity contribution in [2.24, 2.45) is 0 Å². The highest BCUT2D eigenvalue weighted by Gasteiger charge is 2.25. The Balaban J connectivity index is 1.90. The number of benzene rings is 2. The van der Waals surface area contributed by atoms with Crippen LogP contribution in [0.1, 0.15) is 61.5 Å². The predicted octanol–water partition coefficient (Wildman–Crippen LogP) is 5.35. The minimum Gasteiger partial charge on any atom is -0.456 e. The third kappa shape index (κ3) is 7.40. The summed E-state index contributed by atoms with van der Waals surface area (Å²) in [5.74, 6) is -3.24. The highest BCUT2D eigenvalue weighted by molar-refractivity contribution is 7.86. The molecule has 0 aliphatic heterocycles. The lowest BCUT2D eigenvalue weighted by atomic mass is 10.00. The maximum absolute atomic E-state index is 14.3. The van der Waals surface area contributed by atoms with Crippen LogP contribution >= 0.6 is 0 Å². The van der Waals surface area contributed by atoms with Crippen molar-refractivity contribution in [3.63, 3.8) is 0 Å². The van der Waals surface area contributed by atoms with Crippen molar-refractivity contribution in [2.75, 3.05) is 6.61 Å². The first-order valence-corrected chi connectivity index (χ1v) is 11.5. The van der Waals surface area contributed by atoms with Crippen LogP contribution in [-0.4, -0.2) is 26.6 Å². The first-order chi connectivity index (χ1) is 14.4. The van der Waals surface area contributed by atoms with Crippen LogP contribution in [-0.2, 0) is 25.5 Å². The molecule has 31 heavy (non-hydrogen) atoms. The van der Waals surface area contributed by atoms with Gasteiger partial charge < -0.3 is 4.74 Å². The fourth-order valence-corrected chi connectivity index (χ4v) is 3.83. The van der Waals surface area contributed by atoms with E-state index in [1.54, 1.807) is 32.9 Å². The van der Waals surface area contributed by atoms with Gasteiger partial charge in [0.2, 0.25) is 0 Å². The molecule has 2 aromatic rings. The van der Waals surface area contributed by atoms with E-state index in [0.29, 0.717) is 31.2 Å². The van der Waals surface area contributed by atoms with E-state index in [9.17, 15) is 22.0 Å². The third-order valence-electron chi connectivity index (χ3n) is 4.42. The monoisotopic (exact) mass is 454 g/mol. The van der Waals surface area contributed by atoms with E-state index in [0.717, 1.165) is 11.6 Å². The lowest BCUT2D eigenvalue weighted by Crippen LogP contribution is -2.25. The second-order valence-electron chi connectivity index (χ2n) is 8.30. The molecule has 0 saturated heterocycles. The number of rotatable bonds is 9. The van der Waals surface area contributed by atoms with Crippen molar-refractivity contribution in [1.82, 2.24) is 0 Å². The zero-order valence-corrected chi connectivity index (χ0v) is 19.0. The van der Waals surface area contributed by atoms with Gasteiger partial charge in [-0.1, -0.05) is 30.2 Å². The van der Waals surface area contributed by atoms with Crippen LogP contribution in [0.15, 0.2) is 41.3 Å². The van der Waals surface area contributed by atoms with E-state index in [1.165, 1.54) is 18.2 Å². The van der Waals surface area contributed by atoms with E-state index in [2.05, 4.69) is 0 Å². The Morgan fingerprint density at radius 1 is 0.968 bits per heavy atom. The molecule has 2 rings (SSSR count). The molecule has 2 aromatic carbocycles. The summed E-state index contributed by atoms with van der Waals surface area (Å²) in [7, 11) is -3.81. The van der Waals surface area contributed by atoms with Crippen LogP contribution in [0.2, 0.25) is 0 Å². The van der Waals surface area contributed by atoms with Gasteiger partial charge in [0.1, 0.15) is 11.2 Å². The largest absolute Gasteiger partial charge is 0.456 e. The van der Waals surface area contributed by atoms with E-state index in [4.69, 9.17) is 8.92 Å². The topological polar surface area (TPSA) is 69.7 Å². The smallest absolute Gasteiger partial charge is 0.342 e. The Bertz CT molecular complexity index is 1010. The fraction of sp³-hybridized carbons (Fsp3) is 0.435. The number of hydrogen-bond donors (Lipinski definition) is 0. The van der Waals surface area contributed by atoms with Crippen LogP contribution in [0.4, 0.5) is 8.78 Å². The summed E-state index contributed by atoms with van der Waals surface area (Å²) >= 11 is 0. The molecule has 0 bridgehead atoms. The predicted molar refractivity (Wildman–Crippen MR) is 113 cm³/mol. The van der Waals surface area contributed by atoms with Crippen molar-refractivity contribution in [1.29, 1.82) is 0 Å². The number of hydrogen-bond acceptors (Lipinski definition) is 5. The minimum atomic E-state index is -3.81. The van der Waals surface area contributed by atoms with E-state index in [-0.39, 0.29) is 11.5 Å². The zero-order chi connectivity index (χ0) is 23.2. The Kier molecular flexibility index (Phi) is 8.31. The normalized spacial score (nSPS) is 12.1. The van der Waals surface area contributed by atoms with Crippen LogP contribution in [0.3, 0.4) is 0 Å². The molecule has 0 radical (unpaired) electrons. The molecule has 0 atom stereocenters. The summed E-state index contributed by atoms with van der Waals surface area (Å²) in [5, 5.41) is 0. The van der Waals surface area contributed by atoms with Gasteiger partial charge in [0.05, 0.1) is 11.5 Å². The quantitative estimate of drug-likeness (QED) is 0.290. The minimum absolute atomic E-state index is 0.00686. The lowest BCUT2D eigenvalue weighted by molar-refractivity contribution is 0.00622. The summed E-state index contributed by atoms with van der Waals surface area (Å²) in [6, 6.07) is 8.73. The first-order valence-electron chi connectivity index (χ1n) is 10.1. The molecule has 0 heterocycles. The summed E-state index contributed by atoms with van der Waals surface area (Å²) in [4.78, 5) is 12.4. The molecular formula is C23H28F2O5S. The maximum atomic E-state index is 14.3. The molecule has 5 nitrogen and oxygen atoms in total. The van der Waals surface area contributed by atoms with Crippen molar-refractivity contribution < 1.29 is 30.9 Å². The fourth-order valence-electron chi connectivity index (χ4n) is 2.88. The second-order valence-corrected chi connectivity index (χ2v) is 9.91. The molecule has 0 aromatic heterocycles. The molecule has 8 heteroatoms. The Hall–Kier alpha value is -2.32. The molecule has 0 fully saturated rings. The van der Waals surface area contributed by atoms with Gasteiger partial charge >= 0.3 is 5.97 Å². The van der Waals surface area contributed by atoms with Gasteiger partial charge in [-0.05, 0) is 70.7 Å². The van der Waals surface area contributed by atoms with E-state index < -0.39 is 38.9 Å². The summed E-state index contributed by atoms with van der Waals surface area (Å²) in [6.45, 7) is 6.80. The molecule has 0 aliphatic carbocycles. The number of ether oxygens (including phenoxy) is 1. The average Bonchev–Trinajstić information content (AvgIpc) is 2.66. The molecule has 170 valence electrons. The SMILES string of the molecule is Cc1ccc(S(=O)(=O)OCCCCCc2ccc(F)c(F)c2C(=O)OC(C)(C)C)cc1. The number of aryl methyl sites for hydroxylation is 2. The summed E-state index contributed by atoms with van der Waals surface area (Å²) in [6.07, 6.45) is 1.89. The van der Waals surface area contributed by atoms with Gasteiger partial charge in [0.25, 0.3) is 10.1 Å². The van der Waals surface area contributed by atoms with Crippen molar-refractivity contribution in [2.45, 2.75) is 63.9 Å². The average molecular weight is 455 g/mol. The molecule has 0 aliphatic rings. The highest BCUT2D eigenvalue weighted by Crippen LogP contribution is 2.23. The summed E-state index contributed by atoms with van der Waals surface area (Å²) < 4.78 is 62.5. The molecule has 0 N–H and O–H groups in total. The summed E-state index contributed by atoms with van der Waals surface area (Å²) in [5.41, 5.74) is 0.0596. The van der Waals surface area contributed by atoms with Gasteiger partial charge in [0.15, 0.2) is 11.6 Å². The van der Waals surface area contributed by atoms with Gasteiger partial charge in [0, 0.05) is 0 Å². The molecule has 0 saturated carbocycles. The van der Waals surface area contributed by atoms with Crippen LogP contribution < -0.4 is 0 Å². The lowest BCUT2D eigenvalue weighted by Gasteiger charge is -2.21.